The zero-order chi connectivity index (χ0) is 42.8. The molecule has 0 radical (unpaired) electrons. The summed E-state index contributed by atoms with van der Waals surface area (Å²) in [6.07, 6.45) is 4.89. The number of aldehydes is 1. The minimum absolute atomic E-state index is 0. The van der Waals surface area contributed by atoms with Crippen LogP contribution < -0.4 is 17.2 Å². The fourth-order valence-electron chi connectivity index (χ4n) is 6.99. The number of morpholine rings is 1. The van der Waals surface area contributed by atoms with Gasteiger partial charge in [0.15, 0.2) is 34.7 Å². The Morgan fingerprint density at radius 3 is 1.60 bits per heavy atom. The molecule has 0 unspecified atom stereocenters. The zero-order valence-corrected chi connectivity index (χ0v) is 33.6. The first-order chi connectivity index (χ1) is 29.5. The lowest BCUT2D eigenvalue weighted by molar-refractivity contribution is 0.0303. The molecular weight excluding hydrogens is 805 g/mol. The van der Waals surface area contributed by atoms with Gasteiger partial charge in [0.2, 0.25) is 0 Å². The van der Waals surface area contributed by atoms with Gasteiger partial charge in [0.25, 0.3) is 5.91 Å². The van der Waals surface area contributed by atoms with Gasteiger partial charge in [-0.2, -0.15) is 15.3 Å². The van der Waals surface area contributed by atoms with E-state index in [9.17, 15) is 9.59 Å². The summed E-state index contributed by atoms with van der Waals surface area (Å²) < 4.78 is 15.6. The number of hydrogen-bond acceptors (Lipinski definition) is 16. The fourth-order valence-corrected chi connectivity index (χ4v) is 6.99. The highest BCUT2D eigenvalue weighted by Crippen LogP contribution is 2.32. The average Bonchev–Trinajstić information content (AvgIpc) is 4.06. The smallest absolute Gasteiger partial charge is 0.254 e. The van der Waals surface area contributed by atoms with Gasteiger partial charge in [0, 0.05) is 50.9 Å². The number of nitrogens with zero attached hydrogens (tertiary/aromatic N) is 13. The number of ether oxygens (including phenoxy) is 1. The zero-order valence-electron chi connectivity index (χ0n) is 33.6. The molecule has 324 valence electrons. The van der Waals surface area contributed by atoms with Crippen LogP contribution in [0.15, 0.2) is 84.1 Å². The first kappa shape index (κ1) is 44.4. The van der Waals surface area contributed by atoms with Crippen molar-refractivity contribution in [2.45, 2.75) is 21.8 Å². The first-order valence-corrected chi connectivity index (χ1v) is 18.9. The SMILES string of the molecule is C.C.Cc1cccc(-c2nn(C)c3ncnc(N)c23)c1.Cn1nc(-c2ccc(C=O)o2)c2c(N)ncnc21.Cn1nc(-c2cccc(C(=O)N3CCOCC3)c2)c2c(N)ncnc21. The molecule has 1 fully saturated rings. The number of furan rings is 1. The normalized spacial score (nSPS) is 12.2. The number of aromatic nitrogens is 12. The molecule has 63 heavy (non-hydrogen) atoms. The molecule has 8 heterocycles. The molecule has 1 aliphatic rings. The van der Waals surface area contributed by atoms with Crippen LogP contribution in [-0.4, -0.2) is 103 Å². The molecule has 0 atom stereocenters. The van der Waals surface area contributed by atoms with E-state index < -0.39 is 0 Å². The van der Waals surface area contributed by atoms with E-state index in [4.69, 9.17) is 26.4 Å². The standard InChI is InChI=1S/C17H18N6O2.C13H13N5.C11H9N5O2.2CH4/c1-22-16-13(15(18)19-10-20-16)14(21-22)11-3-2-4-12(9-11)17(24)23-5-7-25-8-6-23;1-8-4-3-5-9(6-8)11-10-12(14)15-7-16-13(10)18(2)17-11;1-16-11-8(10(12)13-5-14-11)9(15-16)7-3-2-6(4-17)18-7;;/h2-4,9-10H,5-8H2,1H3,(H2,18,19,20);3-7H,1-2H3,(H2,14,15,16);2-5H,1H3,(H2,12,13,14);2*1H4. The average molecular weight is 853 g/mol. The highest BCUT2D eigenvalue weighted by Gasteiger charge is 2.22. The second kappa shape index (κ2) is 18.6. The summed E-state index contributed by atoms with van der Waals surface area (Å²) in [5.74, 6) is 1.85. The van der Waals surface area contributed by atoms with Gasteiger partial charge >= 0.3 is 0 Å². The number of nitrogen functional groups attached to an aromatic ring is 3. The molecule has 20 nitrogen and oxygen atoms in total. The number of benzene rings is 2. The highest BCUT2D eigenvalue weighted by atomic mass is 16.5. The maximum absolute atomic E-state index is 12.7. The van der Waals surface area contributed by atoms with Crippen LogP contribution in [0.2, 0.25) is 0 Å². The van der Waals surface area contributed by atoms with Crippen LogP contribution in [0.5, 0.6) is 0 Å². The van der Waals surface area contributed by atoms with Crippen LogP contribution in [0.25, 0.3) is 67.1 Å². The number of carbonyl (C=O) groups is 2. The van der Waals surface area contributed by atoms with Gasteiger partial charge in [-0.05, 0) is 37.3 Å². The molecule has 10 rings (SSSR count). The van der Waals surface area contributed by atoms with E-state index in [2.05, 4.69) is 64.3 Å². The van der Waals surface area contributed by atoms with Gasteiger partial charge in [-0.15, -0.1) is 0 Å². The summed E-state index contributed by atoms with van der Waals surface area (Å²) >= 11 is 0. The maximum atomic E-state index is 12.7. The van der Waals surface area contributed by atoms with Gasteiger partial charge in [0.1, 0.15) is 53.5 Å². The molecule has 0 aliphatic carbocycles. The summed E-state index contributed by atoms with van der Waals surface area (Å²) in [6, 6.07) is 18.8. The van der Waals surface area contributed by atoms with Gasteiger partial charge in [-0.1, -0.05) is 50.7 Å². The highest BCUT2D eigenvalue weighted by molar-refractivity contribution is 6.01. The van der Waals surface area contributed by atoms with Crippen molar-refractivity contribution in [3.8, 4) is 34.0 Å². The van der Waals surface area contributed by atoms with Crippen LogP contribution in [0, 0.1) is 6.92 Å². The summed E-state index contributed by atoms with van der Waals surface area (Å²) in [4.78, 5) is 49.7. The molecule has 0 spiro atoms. The number of amides is 1. The second-order valence-electron chi connectivity index (χ2n) is 14.0. The van der Waals surface area contributed by atoms with Crippen LogP contribution in [0.1, 0.15) is 41.3 Å². The molecule has 1 saturated heterocycles. The Balaban J connectivity index is 0.000000158. The predicted octanol–water partition coefficient (Wildman–Crippen LogP) is 5.30. The fraction of sp³-hybridized carbons (Fsp3) is 0.233. The van der Waals surface area contributed by atoms with E-state index in [0.717, 1.165) is 27.9 Å². The van der Waals surface area contributed by atoms with Crippen molar-refractivity contribution in [1.29, 1.82) is 0 Å². The van der Waals surface area contributed by atoms with Crippen LogP contribution >= 0.6 is 0 Å². The van der Waals surface area contributed by atoms with Crippen molar-refractivity contribution in [3.05, 3.63) is 96.5 Å². The van der Waals surface area contributed by atoms with E-state index in [-0.39, 0.29) is 26.5 Å². The number of carbonyl (C=O) groups excluding carboxylic acids is 2. The molecule has 20 heteroatoms. The largest absolute Gasteiger partial charge is 0.452 e. The first-order valence-electron chi connectivity index (χ1n) is 18.9. The summed E-state index contributed by atoms with van der Waals surface area (Å²) in [7, 11) is 5.41. The number of anilines is 3. The van der Waals surface area contributed by atoms with E-state index >= 15 is 0 Å². The number of nitrogens with two attached hydrogens (primary N) is 3. The van der Waals surface area contributed by atoms with Gasteiger partial charge in [-0.25, -0.2) is 43.9 Å². The van der Waals surface area contributed by atoms with Crippen molar-refractivity contribution in [3.63, 3.8) is 0 Å². The van der Waals surface area contributed by atoms with E-state index in [0.29, 0.717) is 94.8 Å². The minimum atomic E-state index is -0.00499. The summed E-state index contributed by atoms with van der Waals surface area (Å²) in [5, 5.41) is 15.4. The molecular formula is C43H48N16O4. The predicted molar refractivity (Wildman–Crippen MR) is 241 cm³/mol. The minimum Gasteiger partial charge on any atom is -0.452 e. The topological polar surface area (TPSA) is 269 Å². The number of aryl methyl sites for hydroxylation is 4. The Morgan fingerprint density at radius 2 is 1.11 bits per heavy atom. The van der Waals surface area contributed by atoms with E-state index in [1.54, 1.807) is 45.2 Å². The van der Waals surface area contributed by atoms with Crippen LogP contribution in [0.4, 0.5) is 17.5 Å². The monoisotopic (exact) mass is 852 g/mol. The molecule has 7 aromatic heterocycles. The molecule has 0 saturated carbocycles. The Kier molecular flexibility index (Phi) is 13.1. The molecule has 2 aromatic carbocycles. The molecule has 0 bridgehead atoms. The third-order valence-corrected chi connectivity index (χ3v) is 9.90. The molecule has 9 aromatic rings. The number of rotatable bonds is 5. The van der Waals surface area contributed by atoms with Gasteiger partial charge in [0.05, 0.1) is 29.4 Å². The maximum Gasteiger partial charge on any atom is 0.254 e. The van der Waals surface area contributed by atoms with Crippen molar-refractivity contribution >= 4 is 62.7 Å². The number of hydrogen-bond donors (Lipinski definition) is 3. The Labute approximate surface area is 361 Å². The Morgan fingerprint density at radius 1 is 0.635 bits per heavy atom. The molecule has 1 aliphatic heterocycles. The lowest BCUT2D eigenvalue weighted by Gasteiger charge is -2.27. The third kappa shape index (κ3) is 8.73. The van der Waals surface area contributed by atoms with E-state index in [1.807, 2.05) is 43.4 Å². The lowest BCUT2D eigenvalue weighted by atomic mass is 10.1. The Hall–Kier alpha value is -8.13. The summed E-state index contributed by atoms with van der Waals surface area (Å²) in [6.45, 7) is 4.41. The third-order valence-electron chi connectivity index (χ3n) is 9.90. The van der Waals surface area contributed by atoms with E-state index in [1.165, 1.54) is 24.5 Å². The van der Waals surface area contributed by atoms with Gasteiger partial charge in [-0.3, -0.25) is 9.59 Å². The van der Waals surface area contributed by atoms with Crippen molar-refractivity contribution in [2.75, 3.05) is 43.5 Å². The van der Waals surface area contributed by atoms with Crippen molar-refractivity contribution < 1.29 is 18.7 Å². The lowest BCUT2D eigenvalue weighted by Crippen LogP contribution is -2.40. The number of fused-ring (bicyclic) bond motifs is 3. The summed E-state index contributed by atoms with van der Waals surface area (Å²) in [5.41, 5.74) is 25.5. The second-order valence-corrected chi connectivity index (χ2v) is 14.0. The molecule has 6 N–H and O–H groups in total. The van der Waals surface area contributed by atoms with Crippen LogP contribution in [-0.2, 0) is 25.9 Å². The quantitative estimate of drug-likeness (QED) is 0.185. The van der Waals surface area contributed by atoms with Crippen LogP contribution in [0.3, 0.4) is 0 Å². The van der Waals surface area contributed by atoms with Crippen molar-refractivity contribution in [2.24, 2.45) is 21.1 Å². The molecule has 1 amide bonds. The van der Waals surface area contributed by atoms with Gasteiger partial charge < -0.3 is 31.3 Å². The Bertz CT molecular complexity index is 3070. The van der Waals surface area contributed by atoms with Crippen molar-refractivity contribution in [1.82, 2.24) is 64.1 Å².